The highest BCUT2D eigenvalue weighted by molar-refractivity contribution is 7.93. The van der Waals surface area contributed by atoms with Gasteiger partial charge < -0.3 is 11.1 Å². The highest BCUT2D eigenvalue weighted by atomic mass is 32.2. The van der Waals surface area contributed by atoms with E-state index in [1.54, 1.807) is 26.0 Å². The molecule has 0 amide bonds. The number of nitrogens with two attached hydrogens (primary N) is 1. The highest BCUT2D eigenvalue weighted by Gasteiger charge is 2.41. The van der Waals surface area contributed by atoms with Crippen molar-refractivity contribution in [2.75, 3.05) is 11.9 Å². The van der Waals surface area contributed by atoms with E-state index in [-0.39, 0.29) is 0 Å². The van der Waals surface area contributed by atoms with Crippen LogP contribution in [-0.4, -0.2) is 19.7 Å². The van der Waals surface area contributed by atoms with Crippen molar-refractivity contribution in [3.05, 3.63) is 23.8 Å². The molecule has 88 valence electrons. The first-order valence-corrected chi connectivity index (χ1v) is 6.69. The number of sulfone groups is 1. The molecule has 0 aromatic heterocycles. The van der Waals surface area contributed by atoms with Gasteiger partial charge in [0.1, 0.15) is 0 Å². The minimum atomic E-state index is -3.27. The predicted octanol–water partition coefficient (Wildman–Crippen LogP) is 1.12. The topological polar surface area (TPSA) is 72.2 Å². The fraction of sp³-hybridized carbons (Fsp3) is 0.455. The van der Waals surface area contributed by atoms with E-state index in [1.165, 1.54) is 0 Å². The fourth-order valence-corrected chi connectivity index (χ4v) is 3.45. The Morgan fingerprint density at radius 2 is 2.12 bits per heavy atom. The summed E-state index contributed by atoms with van der Waals surface area (Å²) in [6.45, 7) is 4.21. The summed E-state index contributed by atoms with van der Waals surface area (Å²) in [6, 6.07) is 5.22. The van der Waals surface area contributed by atoms with Crippen LogP contribution in [-0.2, 0) is 16.4 Å². The van der Waals surface area contributed by atoms with Crippen LogP contribution < -0.4 is 11.1 Å². The summed E-state index contributed by atoms with van der Waals surface area (Å²) in [5.74, 6) is 0. The van der Waals surface area contributed by atoms with Crippen molar-refractivity contribution in [2.45, 2.75) is 30.0 Å². The van der Waals surface area contributed by atoms with Crippen molar-refractivity contribution in [3.8, 4) is 0 Å². The number of hydrogen-bond acceptors (Lipinski definition) is 4. The van der Waals surface area contributed by atoms with Gasteiger partial charge in [-0.2, -0.15) is 0 Å². The quantitative estimate of drug-likeness (QED) is 0.771. The van der Waals surface area contributed by atoms with E-state index >= 15 is 0 Å². The van der Waals surface area contributed by atoms with Gasteiger partial charge in [0.25, 0.3) is 0 Å². The van der Waals surface area contributed by atoms with Gasteiger partial charge in [-0.25, -0.2) is 8.42 Å². The molecule has 1 aliphatic heterocycles. The van der Waals surface area contributed by atoms with Crippen LogP contribution in [0, 0.1) is 0 Å². The smallest absolute Gasteiger partial charge is 0.187 e. The van der Waals surface area contributed by atoms with Crippen molar-refractivity contribution in [3.63, 3.8) is 0 Å². The Morgan fingerprint density at radius 3 is 2.75 bits per heavy atom. The first-order chi connectivity index (χ1) is 7.40. The van der Waals surface area contributed by atoms with Crippen LogP contribution >= 0.6 is 0 Å². The van der Waals surface area contributed by atoms with Crippen molar-refractivity contribution in [1.29, 1.82) is 0 Å². The van der Waals surface area contributed by atoms with Gasteiger partial charge >= 0.3 is 0 Å². The van der Waals surface area contributed by atoms with E-state index in [1.807, 2.05) is 6.07 Å². The summed E-state index contributed by atoms with van der Waals surface area (Å²) in [5, 5.41) is 3.17. The lowest BCUT2D eigenvalue weighted by Crippen LogP contribution is -2.43. The largest absolute Gasteiger partial charge is 0.382 e. The van der Waals surface area contributed by atoms with Gasteiger partial charge in [-0.15, -0.1) is 0 Å². The van der Waals surface area contributed by atoms with E-state index in [2.05, 4.69) is 5.32 Å². The first-order valence-electron chi connectivity index (χ1n) is 5.20. The van der Waals surface area contributed by atoms with Crippen LogP contribution in [0.3, 0.4) is 0 Å². The van der Waals surface area contributed by atoms with Crippen molar-refractivity contribution >= 4 is 15.5 Å². The van der Waals surface area contributed by atoms with Gasteiger partial charge in [0, 0.05) is 13.1 Å². The number of para-hydroxylation sites is 1. The maximum Gasteiger partial charge on any atom is 0.187 e. The lowest BCUT2D eigenvalue weighted by Gasteiger charge is -2.33. The summed E-state index contributed by atoms with van der Waals surface area (Å²) in [5.41, 5.74) is 7.11. The Bertz CT molecular complexity index is 521. The second-order valence-electron chi connectivity index (χ2n) is 4.61. The predicted molar refractivity (Wildman–Crippen MR) is 64.1 cm³/mol. The number of rotatable bonds is 1. The third-order valence-corrected chi connectivity index (χ3v) is 5.56. The highest BCUT2D eigenvalue weighted by Crippen LogP contribution is 2.37. The van der Waals surface area contributed by atoms with Crippen LogP contribution in [0.1, 0.15) is 19.4 Å². The summed E-state index contributed by atoms with van der Waals surface area (Å²) >= 11 is 0. The zero-order chi connectivity index (χ0) is 12.0. The van der Waals surface area contributed by atoms with Crippen molar-refractivity contribution < 1.29 is 8.42 Å². The van der Waals surface area contributed by atoms with Crippen molar-refractivity contribution in [2.24, 2.45) is 5.73 Å². The average Bonchev–Trinajstić information content (AvgIpc) is 2.24. The van der Waals surface area contributed by atoms with Gasteiger partial charge in [-0.3, -0.25) is 0 Å². The van der Waals surface area contributed by atoms with E-state index in [4.69, 9.17) is 5.73 Å². The SMILES string of the molecule is CC1(C)CNc2c(CN)cccc2S1(=O)=O. The molecule has 1 heterocycles. The molecule has 1 aliphatic rings. The molecule has 1 aromatic carbocycles. The molecule has 0 atom stereocenters. The van der Waals surface area contributed by atoms with E-state index in [0.29, 0.717) is 23.7 Å². The molecule has 0 saturated carbocycles. The number of nitrogens with one attached hydrogen (secondary N) is 1. The molecule has 0 unspecified atom stereocenters. The Balaban J connectivity index is 2.71. The molecule has 0 saturated heterocycles. The molecule has 0 fully saturated rings. The van der Waals surface area contributed by atoms with Crippen LogP contribution in [0.25, 0.3) is 0 Å². The van der Waals surface area contributed by atoms with Crippen molar-refractivity contribution in [1.82, 2.24) is 0 Å². The maximum atomic E-state index is 12.3. The molecule has 5 heteroatoms. The van der Waals surface area contributed by atoms with Crippen LogP contribution in [0.2, 0.25) is 0 Å². The standard InChI is InChI=1S/C11H16N2O2S/c1-11(2)7-13-10-8(6-12)4-3-5-9(10)16(11,14)15/h3-5,13H,6-7,12H2,1-2H3. The minimum absolute atomic E-state index is 0.339. The molecule has 3 N–H and O–H groups in total. The monoisotopic (exact) mass is 240 g/mol. The van der Waals surface area contributed by atoms with Gasteiger partial charge in [0.15, 0.2) is 9.84 Å². The van der Waals surface area contributed by atoms with E-state index in [0.717, 1.165) is 5.56 Å². The normalized spacial score (nSPS) is 20.9. The zero-order valence-corrected chi connectivity index (χ0v) is 10.3. The molecule has 0 aliphatic carbocycles. The molecular weight excluding hydrogens is 224 g/mol. The van der Waals surface area contributed by atoms with E-state index < -0.39 is 14.6 Å². The van der Waals surface area contributed by atoms with Gasteiger partial charge in [-0.05, 0) is 25.5 Å². The molecule has 0 radical (unpaired) electrons. The Hall–Kier alpha value is -1.07. The minimum Gasteiger partial charge on any atom is -0.382 e. The second kappa shape index (κ2) is 3.46. The Labute approximate surface area is 95.8 Å². The zero-order valence-electron chi connectivity index (χ0n) is 9.45. The Morgan fingerprint density at radius 1 is 1.44 bits per heavy atom. The van der Waals surface area contributed by atoms with Crippen LogP contribution in [0.5, 0.6) is 0 Å². The van der Waals surface area contributed by atoms with Crippen LogP contribution in [0.4, 0.5) is 5.69 Å². The van der Waals surface area contributed by atoms with Gasteiger partial charge in [0.2, 0.25) is 0 Å². The lowest BCUT2D eigenvalue weighted by molar-refractivity contribution is 0.548. The average molecular weight is 240 g/mol. The molecule has 0 bridgehead atoms. The third kappa shape index (κ3) is 1.43. The second-order valence-corrected chi connectivity index (χ2v) is 7.16. The fourth-order valence-electron chi connectivity index (χ4n) is 1.87. The number of fused-ring (bicyclic) bond motifs is 1. The summed E-state index contributed by atoms with van der Waals surface area (Å²) < 4.78 is 23.9. The van der Waals surface area contributed by atoms with Gasteiger partial charge in [0.05, 0.1) is 15.3 Å². The Kier molecular flexibility index (Phi) is 2.47. The number of anilines is 1. The van der Waals surface area contributed by atoms with Gasteiger partial charge in [-0.1, -0.05) is 12.1 Å². The third-order valence-electron chi connectivity index (χ3n) is 3.04. The molecule has 0 spiro atoms. The summed E-state index contributed by atoms with van der Waals surface area (Å²) in [6.07, 6.45) is 0. The molecular formula is C11H16N2O2S. The maximum absolute atomic E-state index is 12.3. The number of hydrogen-bond donors (Lipinski definition) is 2. The first kappa shape index (κ1) is 11.4. The molecule has 1 aromatic rings. The molecule has 16 heavy (non-hydrogen) atoms. The summed E-state index contributed by atoms with van der Waals surface area (Å²) in [4.78, 5) is 0.367. The number of benzene rings is 1. The van der Waals surface area contributed by atoms with Crippen LogP contribution in [0.15, 0.2) is 23.1 Å². The van der Waals surface area contributed by atoms with E-state index in [9.17, 15) is 8.42 Å². The lowest BCUT2D eigenvalue weighted by atomic mass is 10.1. The molecule has 4 nitrogen and oxygen atoms in total. The molecule has 2 rings (SSSR count). The summed E-state index contributed by atoms with van der Waals surface area (Å²) in [7, 11) is -3.27.